The third-order valence-electron chi connectivity index (χ3n) is 5.50. The van der Waals surface area contributed by atoms with E-state index in [2.05, 4.69) is 23.7 Å². The first kappa shape index (κ1) is 16.4. The van der Waals surface area contributed by atoms with Crippen LogP contribution < -0.4 is 4.74 Å². The fourth-order valence-corrected chi connectivity index (χ4v) is 3.97. The average Bonchev–Trinajstić information content (AvgIpc) is 3.24. The molecule has 1 aliphatic heterocycles. The number of fused-ring (bicyclic) bond motifs is 1. The van der Waals surface area contributed by atoms with Crippen molar-refractivity contribution in [3.8, 4) is 5.75 Å². The van der Waals surface area contributed by atoms with Crippen LogP contribution in [0.2, 0.25) is 0 Å². The van der Waals surface area contributed by atoms with E-state index < -0.39 is 0 Å². The quantitative estimate of drug-likeness (QED) is 0.858. The topological polar surface area (TPSA) is 50.1 Å². The number of hydrogen-bond acceptors (Lipinski definition) is 4. The molecule has 2 aliphatic rings. The van der Waals surface area contributed by atoms with E-state index in [4.69, 9.17) is 4.74 Å². The second-order valence-electron chi connectivity index (χ2n) is 7.57. The van der Waals surface area contributed by atoms with E-state index in [0.717, 1.165) is 49.5 Å². The van der Waals surface area contributed by atoms with Gasteiger partial charge in [0.25, 0.3) is 5.91 Å². The van der Waals surface area contributed by atoms with Crippen molar-refractivity contribution in [2.75, 3.05) is 33.3 Å². The molecule has 2 aromatic rings. The highest BCUT2D eigenvalue weighted by Gasteiger charge is 2.39. The van der Waals surface area contributed by atoms with Gasteiger partial charge in [0.1, 0.15) is 17.1 Å². The van der Waals surface area contributed by atoms with E-state index in [-0.39, 0.29) is 5.91 Å². The average molecular weight is 342 g/mol. The van der Waals surface area contributed by atoms with Gasteiger partial charge in [-0.3, -0.25) is 14.1 Å². The van der Waals surface area contributed by atoms with Gasteiger partial charge in [0.2, 0.25) is 0 Å². The van der Waals surface area contributed by atoms with Crippen LogP contribution >= 0.6 is 0 Å². The van der Waals surface area contributed by atoms with Crippen LogP contribution in [-0.4, -0.2) is 64.4 Å². The zero-order valence-corrected chi connectivity index (χ0v) is 15.2. The van der Waals surface area contributed by atoms with Crippen LogP contribution in [0.15, 0.2) is 24.5 Å². The Hall–Kier alpha value is -2.08. The van der Waals surface area contributed by atoms with Crippen molar-refractivity contribution in [1.29, 1.82) is 0 Å². The lowest BCUT2D eigenvalue weighted by Gasteiger charge is -2.22. The number of ether oxygens (including phenoxy) is 1. The maximum atomic E-state index is 13.1. The van der Waals surface area contributed by atoms with Crippen LogP contribution in [0.4, 0.5) is 0 Å². The first-order valence-electron chi connectivity index (χ1n) is 9.11. The zero-order valence-electron chi connectivity index (χ0n) is 15.2. The number of amides is 1. The van der Waals surface area contributed by atoms with Crippen molar-refractivity contribution < 1.29 is 9.53 Å². The van der Waals surface area contributed by atoms with Crippen molar-refractivity contribution >= 4 is 11.6 Å². The Morgan fingerprint density at radius 1 is 1.28 bits per heavy atom. The monoisotopic (exact) mass is 342 g/mol. The number of rotatable bonds is 3. The van der Waals surface area contributed by atoms with Gasteiger partial charge >= 0.3 is 0 Å². The molecule has 0 unspecified atom stereocenters. The van der Waals surface area contributed by atoms with Gasteiger partial charge in [-0.05, 0) is 24.3 Å². The molecule has 2 aromatic heterocycles. The SMILES string of the molecule is COc1ccn2c(C(=O)N3CCN([C@@H]4C[C@@H]4C)C[C@@H](C)C3)cnc2c1. The number of nitrogens with zero attached hydrogens (tertiary/aromatic N) is 4. The second kappa shape index (κ2) is 6.33. The van der Waals surface area contributed by atoms with Crippen LogP contribution in [0.25, 0.3) is 5.65 Å². The van der Waals surface area contributed by atoms with Gasteiger partial charge in [0.05, 0.1) is 13.3 Å². The Morgan fingerprint density at radius 3 is 2.80 bits per heavy atom. The first-order chi connectivity index (χ1) is 12.1. The summed E-state index contributed by atoms with van der Waals surface area (Å²) in [5.41, 5.74) is 1.36. The Balaban J connectivity index is 1.54. The lowest BCUT2D eigenvalue weighted by atomic mass is 10.1. The minimum atomic E-state index is 0.0650. The molecule has 0 N–H and O–H groups in total. The molecule has 1 aliphatic carbocycles. The van der Waals surface area contributed by atoms with E-state index in [1.54, 1.807) is 13.3 Å². The van der Waals surface area contributed by atoms with E-state index >= 15 is 0 Å². The van der Waals surface area contributed by atoms with Crippen molar-refractivity contribution in [2.45, 2.75) is 26.3 Å². The number of aromatic nitrogens is 2. The summed E-state index contributed by atoms with van der Waals surface area (Å²) in [6.45, 7) is 8.20. The summed E-state index contributed by atoms with van der Waals surface area (Å²) in [6.07, 6.45) is 4.83. The van der Waals surface area contributed by atoms with Gasteiger partial charge in [-0.15, -0.1) is 0 Å². The predicted molar refractivity (Wildman–Crippen MR) is 96.0 cm³/mol. The Morgan fingerprint density at radius 2 is 2.08 bits per heavy atom. The number of pyridine rings is 1. The molecule has 4 rings (SSSR count). The maximum Gasteiger partial charge on any atom is 0.272 e. The fourth-order valence-electron chi connectivity index (χ4n) is 3.97. The van der Waals surface area contributed by atoms with E-state index in [0.29, 0.717) is 11.6 Å². The molecular weight excluding hydrogens is 316 g/mol. The minimum absolute atomic E-state index is 0.0650. The molecule has 1 saturated heterocycles. The van der Waals surface area contributed by atoms with Gasteiger partial charge in [-0.25, -0.2) is 4.98 Å². The molecular formula is C19H26N4O2. The van der Waals surface area contributed by atoms with E-state index in [1.165, 1.54) is 6.42 Å². The largest absolute Gasteiger partial charge is 0.497 e. The number of carbonyl (C=O) groups is 1. The fraction of sp³-hybridized carbons (Fsp3) is 0.579. The molecule has 0 radical (unpaired) electrons. The maximum absolute atomic E-state index is 13.1. The summed E-state index contributed by atoms with van der Waals surface area (Å²) in [6, 6.07) is 4.42. The van der Waals surface area contributed by atoms with Crippen LogP contribution in [0.1, 0.15) is 30.8 Å². The molecule has 6 heteroatoms. The highest BCUT2D eigenvalue weighted by atomic mass is 16.5. The van der Waals surface area contributed by atoms with Crippen molar-refractivity contribution in [3.05, 3.63) is 30.2 Å². The van der Waals surface area contributed by atoms with E-state index in [1.807, 2.05) is 27.6 Å². The molecule has 2 fully saturated rings. The van der Waals surface area contributed by atoms with Crippen LogP contribution in [0.5, 0.6) is 5.75 Å². The number of methoxy groups -OCH3 is 1. The van der Waals surface area contributed by atoms with Crippen molar-refractivity contribution in [2.24, 2.45) is 11.8 Å². The second-order valence-corrected chi connectivity index (χ2v) is 7.57. The molecule has 3 atom stereocenters. The molecule has 6 nitrogen and oxygen atoms in total. The molecule has 3 heterocycles. The standard InChI is InChI=1S/C19H26N4O2/c1-13-11-21(16-8-14(16)2)6-7-22(12-13)19(24)17-10-20-18-9-15(25-3)4-5-23(17)18/h4-5,9-10,13-14,16H,6-8,11-12H2,1-3H3/t13-,14+,16-/m1/s1. The van der Waals surface area contributed by atoms with Crippen LogP contribution in [0, 0.1) is 11.8 Å². The summed E-state index contributed by atoms with van der Waals surface area (Å²) in [7, 11) is 1.63. The normalized spacial score (nSPS) is 27.3. The van der Waals surface area contributed by atoms with Gasteiger partial charge in [-0.2, -0.15) is 0 Å². The van der Waals surface area contributed by atoms with Gasteiger partial charge in [0, 0.05) is 44.5 Å². The van der Waals surface area contributed by atoms with Crippen molar-refractivity contribution in [3.63, 3.8) is 0 Å². The Bertz CT molecular complexity index is 787. The summed E-state index contributed by atoms with van der Waals surface area (Å²) in [4.78, 5) is 22.0. The third kappa shape index (κ3) is 3.11. The molecule has 0 spiro atoms. The minimum Gasteiger partial charge on any atom is -0.497 e. The van der Waals surface area contributed by atoms with Gasteiger partial charge in [0.15, 0.2) is 0 Å². The molecule has 0 aromatic carbocycles. The van der Waals surface area contributed by atoms with E-state index in [9.17, 15) is 4.79 Å². The first-order valence-corrected chi connectivity index (χ1v) is 9.11. The third-order valence-corrected chi connectivity index (χ3v) is 5.50. The Labute approximate surface area is 148 Å². The number of hydrogen-bond donors (Lipinski definition) is 0. The lowest BCUT2D eigenvalue weighted by molar-refractivity contribution is 0.0741. The van der Waals surface area contributed by atoms with Crippen LogP contribution in [-0.2, 0) is 0 Å². The summed E-state index contributed by atoms with van der Waals surface area (Å²) >= 11 is 0. The predicted octanol–water partition coefficient (Wildman–Crippen LogP) is 2.15. The highest BCUT2D eigenvalue weighted by Crippen LogP contribution is 2.36. The summed E-state index contributed by atoms with van der Waals surface area (Å²) < 4.78 is 7.08. The molecule has 0 bridgehead atoms. The smallest absolute Gasteiger partial charge is 0.272 e. The number of carbonyl (C=O) groups excluding carboxylic acids is 1. The molecule has 1 saturated carbocycles. The molecule has 134 valence electrons. The highest BCUT2D eigenvalue weighted by molar-refractivity contribution is 5.93. The zero-order chi connectivity index (χ0) is 17.6. The Kier molecular flexibility index (Phi) is 4.15. The van der Waals surface area contributed by atoms with Gasteiger partial charge < -0.3 is 9.64 Å². The van der Waals surface area contributed by atoms with Gasteiger partial charge in [-0.1, -0.05) is 13.8 Å². The molecule has 1 amide bonds. The van der Waals surface area contributed by atoms with Crippen LogP contribution in [0.3, 0.4) is 0 Å². The summed E-state index contributed by atoms with van der Waals surface area (Å²) in [5.74, 6) is 2.10. The lowest BCUT2D eigenvalue weighted by Crippen LogP contribution is -2.36. The summed E-state index contributed by atoms with van der Waals surface area (Å²) in [5, 5.41) is 0. The molecule has 25 heavy (non-hydrogen) atoms. The van der Waals surface area contributed by atoms with Crippen molar-refractivity contribution in [1.82, 2.24) is 19.2 Å². The number of imidazole rings is 1.